The Balaban J connectivity index is 1.99. The van der Waals surface area contributed by atoms with Gasteiger partial charge in [-0.15, -0.1) is 0 Å². The summed E-state index contributed by atoms with van der Waals surface area (Å²) in [5.41, 5.74) is 0.740. The minimum absolute atomic E-state index is 0.111. The summed E-state index contributed by atoms with van der Waals surface area (Å²) in [6.45, 7) is 0. The predicted octanol–water partition coefficient (Wildman–Crippen LogP) is 2.69. The van der Waals surface area contributed by atoms with Crippen molar-refractivity contribution < 1.29 is 10.0 Å². The molecule has 1 saturated carbocycles. The van der Waals surface area contributed by atoms with Crippen LogP contribution in [0.1, 0.15) is 31.2 Å². The highest BCUT2D eigenvalue weighted by Crippen LogP contribution is 2.31. The molecule has 1 N–H and O–H groups in total. The number of nitro benzene ring substituents is 1. The lowest BCUT2D eigenvalue weighted by atomic mass is 9.80. The molecule has 0 spiro atoms. The molecule has 0 heterocycles. The van der Waals surface area contributed by atoms with Crippen molar-refractivity contribution in [3.63, 3.8) is 0 Å². The van der Waals surface area contributed by atoms with Gasteiger partial charge in [0.2, 0.25) is 0 Å². The molecule has 0 amide bonds. The highest BCUT2D eigenvalue weighted by atomic mass is 16.6. The Bertz CT molecular complexity index is 401. The SMILES string of the molecule is O=[N+]([O-])c1ccccc1CC(O)CC1CCC1. The second-order valence-corrected chi connectivity index (χ2v) is 4.78. The quantitative estimate of drug-likeness (QED) is 0.630. The van der Waals surface area contributed by atoms with E-state index in [2.05, 4.69) is 0 Å². The van der Waals surface area contributed by atoms with Crippen LogP contribution < -0.4 is 0 Å². The van der Waals surface area contributed by atoms with E-state index in [-0.39, 0.29) is 10.6 Å². The molecule has 0 aliphatic heterocycles. The van der Waals surface area contributed by atoms with Gasteiger partial charge in [-0.25, -0.2) is 0 Å². The summed E-state index contributed by atoms with van der Waals surface area (Å²) in [7, 11) is 0. The molecule has 17 heavy (non-hydrogen) atoms. The Hall–Kier alpha value is -1.42. The number of aliphatic hydroxyl groups is 1. The summed E-state index contributed by atoms with van der Waals surface area (Å²) in [6.07, 6.45) is 4.33. The van der Waals surface area contributed by atoms with E-state index in [9.17, 15) is 15.2 Å². The van der Waals surface area contributed by atoms with Crippen molar-refractivity contribution in [1.29, 1.82) is 0 Å². The minimum Gasteiger partial charge on any atom is -0.393 e. The third-order valence-corrected chi connectivity index (χ3v) is 3.47. The Morgan fingerprint density at radius 2 is 2.12 bits per heavy atom. The first-order valence-corrected chi connectivity index (χ1v) is 6.07. The van der Waals surface area contributed by atoms with E-state index in [4.69, 9.17) is 0 Å². The molecule has 1 fully saturated rings. The second-order valence-electron chi connectivity index (χ2n) is 4.78. The van der Waals surface area contributed by atoms with E-state index in [0.717, 1.165) is 6.42 Å². The van der Waals surface area contributed by atoms with Gasteiger partial charge in [0.05, 0.1) is 11.0 Å². The van der Waals surface area contributed by atoms with Crippen LogP contribution in [0.25, 0.3) is 0 Å². The molecule has 1 aliphatic carbocycles. The molecule has 0 bridgehead atoms. The van der Waals surface area contributed by atoms with Crippen LogP contribution in [0.3, 0.4) is 0 Å². The molecule has 4 heteroatoms. The van der Waals surface area contributed by atoms with Crippen LogP contribution in [0.2, 0.25) is 0 Å². The standard InChI is InChI=1S/C13H17NO3/c15-12(8-10-4-3-5-10)9-11-6-1-2-7-13(11)14(16)17/h1-2,6-7,10,12,15H,3-5,8-9H2. The molecule has 0 saturated heterocycles. The number of nitrogens with zero attached hydrogens (tertiary/aromatic N) is 1. The summed E-state index contributed by atoms with van der Waals surface area (Å²) < 4.78 is 0. The number of rotatable bonds is 5. The molecule has 1 atom stereocenters. The van der Waals surface area contributed by atoms with Crippen molar-refractivity contribution in [3.8, 4) is 0 Å². The first-order chi connectivity index (χ1) is 8.16. The van der Waals surface area contributed by atoms with Crippen LogP contribution in [0, 0.1) is 16.0 Å². The molecule has 4 nitrogen and oxygen atoms in total. The fourth-order valence-electron chi connectivity index (χ4n) is 2.31. The summed E-state index contributed by atoms with van der Waals surface area (Å²) >= 11 is 0. The zero-order chi connectivity index (χ0) is 12.3. The average molecular weight is 235 g/mol. The zero-order valence-electron chi connectivity index (χ0n) is 9.71. The van der Waals surface area contributed by atoms with Crippen molar-refractivity contribution in [2.24, 2.45) is 5.92 Å². The van der Waals surface area contributed by atoms with Crippen molar-refractivity contribution in [2.45, 2.75) is 38.2 Å². The Labute approximate surface area is 100 Å². The number of aliphatic hydroxyl groups excluding tert-OH is 1. The van der Waals surface area contributed by atoms with Crippen LogP contribution in [0.4, 0.5) is 5.69 Å². The van der Waals surface area contributed by atoms with Gasteiger partial charge >= 0.3 is 0 Å². The predicted molar refractivity (Wildman–Crippen MR) is 64.8 cm³/mol. The van der Waals surface area contributed by atoms with Crippen LogP contribution >= 0.6 is 0 Å². The summed E-state index contributed by atoms with van der Waals surface area (Å²) in [5, 5.41) is 20.7. The maximum atomic E-state index is 10.8. The van der Waals surface area contributed by atoms with E-state index in [1.807, 2.05) is 0 Å². The first kappa shape index (κ1) is 12.0. The maximum absolute atomic E-state index is 10.8. The van der Waals surface area contributed by atoms with Crippen molar-refractivity contribution >= 4 is 5.69 Å². The molecular weight excluding hydrogens is 218 g/mol. The Morgan fingerprint density at radius 1 is 1.41 bits per heavy atom. The lowest BCUT2D eigenvalue weighted by Gasteiger charge is -2.27. The highest BCUT2D eigenvalue weighted by Gasteiger charge is 2.22. The molecule has 1 aromatic carbocycles. The van der Waals surface area contributed by atoms with Crippen molar-refractivity contribution in [1.82, 2.24) is 0 Å². The van der Waals surface area contributed by atoms with Gasteiger partial charge in [0, 0.05) is 18.1 Å². The molecule has 0 radical (unpaired) electrons. The summed E-state index contributed by atoms with van der Waals surface area (Å²) in [4.78, 5) is 10.4. The van der Waals surface area contributed by atoms with Gasteiger partial charge in [0.15, 0.2) is 0 Å². The summed E-state index contributed by atoms with van der Waals surface area (Å²) in [6, 6.07) is 6.64. The number of para-hydroxylation sites is 1. The Kier molecular flexibility index (Phi) is 3.74. The van der Waals surface area contributed by atoms with E-state index in [1.54, 1.807) is 18.2 Å². The number of nitro groups is 1. The second kappa shape index (κ2) is 5.27. The average Bonchev–Trinajstić information content (AvgIpc) is 2.24. The largest absolute Gasteiger partial charge is 0.393 e. The molecule has 1 aliphatic rings. The van der Waals surface area contributed by atoms with Gasteiger partial charge in [-0.3, -0.25) is 10.1 Å². The van der Waals surface area contributed by atoms with Crippen LogP contribution in [-0.2, 0) is 6.42 Å². The molecule has 0 aromatic heterocycles. The van der Waals surface area contributed by atoms with E-state index in [0.29, 0.717) is 17.9 Å². The third-order valence-electron chi connectivity index (χ3n) is 3.47. The lowest BCUT2D eigenvalue weighted by Crippen LogP contribution is -2.21. The van der Waals surface area contributed by atoms with E-state index >= 15 is 0 Å². The van der Waals surface area contributed by atoms with Gasteiger partial charge in [-0.05, 0) is 12.3 Å². The molecule has 1 aromatic rings. The van der Waals surface area contributed by atoms with E-state index in [1.165, 1.54) is 25.3 Å². The number of hydrogen-bond acceptors (Lipinski definition) is 3. The lowest BCUT2D eigenvalue weighted by molar-refractivity contribution is -0.385. The van der Waals surface area contributed by atoms with Crippen LogP contribution in [0.5, 0.6) is 0 Å². The number of benzene rings is 1. The fourth-order valence-corrected chi connectivity index (χ4v) is 2.31. The number of hydrogen-bond donors (Lipinski definition) is 1. The maximum Gasteiger partial charge on any atom is 0.272 e. The van der Waals surface area contributed by atoms with E-state index < -0.39 is 6.10 Å². The molecule has 1 unspecified atom stereocenters. The topological polar surface area (TPSA) is 63.4 Å². The summed E-state index contributed by atoms with van der Waals surface area (Å²) in [5.74, 6) is 0.618. The smallest absolute Gasteiger partial charge is 0.272 e. The minimum atomic E-state index is -0.457. The van der Waals surface area contributed by atoms with Crippen molar-refractivity contribution in [3.05, 3.63) is 39.9 Å². The fraction of sp³-hybridized carbons (Fsp3) is 0.538. The van der Waals surface area contributed by atoms with Crippen molar-refractivity contribution in [2.75, 3.05) is 0 Å². The first-order valence-electron chi connectivity index (χ1n) is 6.07. The third kappa shape index (κ3) is 3.03. The van der Waals surface area contributed by atoms with Gasteiger partial charge in [0.1, 0.15) is 0 Å². The highest BCUT2D eigenvalue weighted by molar-refractivity contribution is 5.40. The normalized spacial score (nSPS) is 17.5. The van der Waals surface area contributed by atoms with Gasteiger partial charge in [0.25, 0.3) is 5.69 Å². The zero-order valence-corrected chi connectivity index (χ0v) is 9.71. The van der Waals surface area contributed by atoms with Gasteiger partial charge in [-0.1, -0.05) is 37.5 Å². The van der Waals surface area contributed by atoms with Gasteiger partial charge in [-0.2, -0.15) is 0 Å². The van der Waals surface area contributed by atoms with Gasteiger partial charge < -0.3 is 5.11 Å². The van der Waals surface area contributed by atoms with Crippen LogP contribution in [0.15, 0.2) is 24.3 Å². The monoisotopic (exact) mass is 235 g/mol. The molecular formula is C13H17NO3. The Morgan fingerprint density at radius 3 is 2.71 bits per heavy atom. The molecule has 2 rings (SSSR count). The molecule has 92 valence electrons. The van der Waals surface area contributed by atoms with Crippen LogP contribution in [-0.4, -0.2) is 16.1 Å².